The van der Waals surface area contributed by atoms with Crippen LogP contribution < -0.4 is 0 Å². The summed E-state index contributed by atoms with van der Waals surface area (Å²) in [5, 5.41) is 0.806. The molecule has 2 aromatic carbocycles. The second-order valence-electron chi connectivity index (χ2n) is 4.69. The topological polar surface area (TPSA) is 0 Å². The predicted molar refractivity (Wildman–Crippen MR) is 77.5 cm³/mol. The molecule has 100 valence electrons. The van der Waals surface area contributed by atoms with Gasteiger partial charge in [0.2, 0.25) is 0 Å². The Morgan fingerprint density at radius 1 is 0.842 bits per heavy atom. The molecule has 0 radical (unpaired) electrons. The van der Waals surface area contributed by atoms with Crippen molar-refractivity contribution in [2.24, 2.45) is 5.92 Å². The van der Waals surface area contributed by atoms with Crippen molar-refractivity contribution in [3.8, 4) is 0 Å². The van der Waals surface area contributed by atoms with Crippen LogP contribution >= 0.6 is 15.9 Å². The second-order valence-corrected chi connectivity index (χ2v) is 5.34. The van der Waals surface area contributed by atoms with Gasteiger partial charge in [-0.3, -0.25) is 0 Å². The first-order valence-electron chi connectivity index (χ1n) is 6.22. The van der Waals surface area contributed by atoms with Crippen LogP contribution in [0.5, 0.6) is 0 Å². The van der Waals surface area contributed by atoms with Crippen molar-refractivity contribution in [3.63, 3.8) is 0 Å². The van der Waals surface area contributed by atoms with Gasteiger partial charge in [0.05, 0.1) is 0 Å². The lowest BCUT2D eigenvalue weighted by Crippen LogP contribution is -2.10. The Labute approximate surface area is 120 Å². The molecule has 2 rings (SSSR count). The second kappa shape index (κ2) is 6.80. The van der Waals surface area contributed by atoms with Crippen LogP contribution in [-0.2, 0) is 12.8 Å². The molecule has 0 fully saturated rings. The molecule has 0 aliphatic rings. The van der Waals surface area contributed by atoms with E-state index >= 15 is 0 Å². The largest absolute Gasteiger partial charge is 0.207 e. The van der Waals surface area contributed by atoms with Crippen LogP contribution in [0.25, 0.3) is 0 Å². The van der Waals surface area contributed by atoms with Gasteiger partial charge in [-0.1, -0.05) is 40.2 Å². The van der Waals surface area contributed by atoms with E-state index in [1.807, 2.05) is 12.1 Å². The van der Waals surface area contributed by atoms with Crippen LogP contribution in [0.2, 0.25) is 0 Å². The highest BCUT2D eigenvalue weighted by Gasteiger charge is 2.10. The maximum Gasteiger partial charge on any atom is 0.123 e. The summed E-state index contributed by atoms with van der Waals surface area (Å²) in [6.07, 6.45) is 1.55. The molecule has 0 aliphatic heterocycles. The molecule has 3 heteroatoms. The van der Waals surface area contributed by atoms with Gasteiger partial charge in [0.25, 0.3) is 0 Å². The molecule has 0 atom stereocenters. The van der Waals surface area contributed by atoms with Gasteiger partial charge in [0, 0.05) is 5.33 Å². The third kappa shape index (κ3) is 4.43. The molecule has 0 aromatic heterocycles. The van der Waals surface area contributed by atoms with Gasteiger partial charge in [-0.2, -0.15) is 0 Å². The summed E-state index contributed by atoms with van der Waals surface area (Å²) in [4.78, 5) is 0. The van der Waals surface area contributed by atoms with Crippen molar-refractivity contribution in [3.05, 3.63) is 71.3 Å². The minimum atomic E-state index is -0.212. The van der Waals surface area contributed by atoms with Crippen LogP contribution in [0.3, 0.4) is 0 Å². The van der Waals surface area contributed by atoms with E-state index in [1.54, 1.807) is 24.3 Å². The molecule has 0 heterocycles. The molecule has 0 amide bonds. The van der Waals surface area contributed by atoms with Crippen molar-refractivity contribution < 1.29 is 8.78 Å². The monoisotopic (exact) mass is 324 g/mol. The maximum absolute atomic E-state index is 13.1. The number of alkyl halides is 1. The predicted octanol–water partition coefficient (Wildman–Crippen LogP) is 4.76. The quantitative estimate of drug-likeness (QED) is 0.695. The highest BCUT2D eigenvalue weighted by Crippen LogP contribution is 2.18. The normalized spacial score (nSPS) is 10.9. The summed E-state index contributed by atoms with van der Waals surface area (Å²) >= 11 is 3.48. The Balaban J connectivity index is 2.04. The van der Waals surface area contributed by atoms with Gasteiger partial charge >= 0.3 is 0 Å². The number of rotatable bonds is 5. The zero-order chi connectivity index (χ0) is 13.7. The van der Waals surface area contributed by atoms with Gasteiger partial charge in [-0.25, -0.2) is 8.78 Å². The van der Waals surface area contributed by atoms with Crippen molar-refractivity contribution >= 4 is 15.9 Å². The molecule has 0 nitrogen and oxygen atoms in total. The van der Waals surface area contributed by atoms with Gasteiger partial charge in [0.1, 0.15) is 11.6 Å². The van der Waals surface area contributed by atoms with Crippen LogP contribution in [0, 0.1) is 17.6 Å². The van der Waals surface area contributed by atoms with Gasteiger partial charge in [-0.05, 0) is 54.2 Å². The average molecular weight is 325 g/mol. The molecule has 0 saturated heterocycles. The molecular formula is C16H15BrF2. The number of hydrogen-bond acceptors (Lipinski definition) is 0. The molecule has 0 bridgehead atoms. The highest BCUT2D eigenvalue weighted by molar-refractivity contribution is 9.09. The van der Waals surface area contributed by atoms with E-state index in [4.69, 9.17) is 0 Å². The average Bonchev–Trinajstić information content (AvgIpc) is 2.38. The molecular weight excluding hydrogens is 310 g/mol. The van der Waals surface area contributed by atoms with Crippen molar-refractivity contribution in [2.45, 2.75) is 12.8 Å². The molecule has 0 spiro atoms. The van der Waals surface area contributed by atoms with Crippen molar-refractivity contribution in [1.29, 1.82) is 0 Å². The van der Waals surface area contributed by atoms with E-state index in [0.717, 1.165) is 29.3 Å². The summed E-state index contributed by atoms with van der Waals surface area (Å²) in [5.41, 5.74) is 1.95. The van der Waals surface area contributed by atoms with Crippen LogP contribution in [0.15, 0.2) is 48.5 Å². The Hall–Kier alpha value is -1.22. The number of halogens is 3. The standard InChI is InChI=1S/C16H15BrF2/c17-11-14(7-12-3-1-5-15(18)9-12)8-13-4-2-6-16(19)10-13/h1-6,9-10,14H,7-8,11H2. The summed E-state index contributed by atoms with van der Waals surface area (Å²) in [6, 6.07) is 13.3. The summed E-state index contributed by atoms with van der Waals surface area (Å²) in [7, 11) is 0. The number of benzene rings is 2. The highest BCUT2D eigenvalue weighted by atomic mass is 79.9. The van der Waals surface area contributed by atoms with E-state index in [-0.39, 0.29) is 11.6 Å². The lowest BCUT2D eigenvalue weighted by atomic mass is 9.94. The van der Waals surface area contributed by atoms with Crippen molar-refractivity contribution in [2.75, 3.05) is 5.33 Å². The summed E-state index contributed by atoms with van der Waals surface area (Å²) < 4.78 is 26.3. The first kappa shape index (κ1) is 14.2. The summed E-state index contributed by atoms with van der Waals surface area (Å²) in [6.45, 7) is 0. The van der Waals surface area contributed by atoms with Crippen LogP contribution in [0.1, 0.15) is 11.1 Å². The van der Waals surface area contributed by atoms with Gasteiger partial charge in [-0.15, -0.1) is 0 Å². The Morgan fingerprint density at radius 2 is 1.32 bits per heavy atom. The van der Waals surface area contributed by atoms with E-state index in [1.165, 1.54) is 12.1 Å². The zero-order valence-electron chi connectivity index (χ0n) is 10.5. The number of hydrogen-bond donors (Lipinski definition) is 0. The fourth-order valence-electron chi connectivity index (χ4n) is 2.18. The molecule has 0 aliphatic carbocycles. The third-order valence-electron chi connectivity index (χ3n) is 3.05. The molecule has 2 aromatic rings. The molecule has 0 N–H and O–H groups in total. The van der Waals surface area contributed by atoms with Crippen LogP contribution in [-0.4, -0.2) is 5.33 Å². The molecule has 0 unspecified atom stereocenters. The van der Waals surface area contributed by atoms with E-state index in [2.05, 4.69) is 15.9 Å². The van der Waals surface area contributed by atoms with Gasteiger partial charge in [0.15, 0.2) is 0 Å². The van der Waals surface area contributed by atoms with Gasteiger partial charge < -0.3 is 0 Å². The Kier molecular flexibility index (Phi) is 5.08. The smallest absolute Gasteiger partial charge is 0.123 e. The third-order valence-corrected chi connectivity index (χ3v) is 3.96. The first-order chi connectivity index (χ1) is 9.17. The fourth-order valence-corrected chi connectivity index (χ4v) is 2.63. The first-order valence-corrected chi connectivity index (χ1v) is 7.34. The molecule has 0 saturated carbocycles. The van der Waals surface area contributed by atoms with E-state index in [0.29, 0.717) is 5.92 Å². The minimum Gasteiger partial charge on any atom is -0.207 e. The summed E-state index contributed by atoms with van der Waals surface area (Å²) in [5.74, 6) is -0.100. The Morgan fingerprint density at radius 3 is 1.68 bits per heavy atom. The van der Waals surface area contributed by atoms with Crippen molar-refractivity contribution in [1.82, 2.24) is 0 Å². The zero-order valence-corrected chi connectivity index (χ0v) is 12.0. The molecule has 19 heavy (non-hydrogen) atoms. The Bertz CT molecular complexity index is 492. The lowest BCUT2D eigenvalue weighted by Gasteiger charge is -2.14. The minimum absolute atomic E-state index is 0.212. The lowest BCUT2D eigenvalue weighted by molar-refractivity contribution is 0.576. The van der Waals surface area contributed by atoms with E-state index in [9.17, 15) is 8.78 Å². The fraction of sp³-hybridized carbons (Fsp3) is 0.250. The van der Waals surface area contributed by atoms with Crippen LogP contribution in [0.4, 0.5) is 8.78 Å². The maximum atomic E-state index is 13.1. The van der Waals surface area contributed by atoms with E-state index < -0.39 is 0 Å². The SMILES string of the molecule is Fc1cccc(CC(CBr)Cc2cccc(F)c2)c1.